The molecular formula is C85H55BN8. The Bertz CT molecular complexity index is 5530. The molecule has 0 bridgehead atoms. The highest BCUT2D eigenvalue weighted by Crippen LogP contribution is 2.46. The molecule has 94 heavy (non-hydrogen) atoms. The average molecular weight is 1200 g/mol. The molecule has 2 aliphatic heterocycles. The van der Waals surface area contributed by atoms with E-state index in [0.717, 1.165) is 117 Å². The van der Waals surface area contributed by atoms with E-state index in [9.17, 15) is 0 Å². The van der Waals surface area contributed by atoms with Crippen molar-refractivity contribution in [1.29, 1.82) is 0 Å². The molecule has 13 aromatic carbocycles. The van der Waals surface area contributed by atoms with Crippen LogP contribution >= 0.6 is 0 Å². The molecule has 0 radical (unpaired) electrons. The van der Waals surface area contributed by atoms with Gasteiger partial charge in [-0.15, -0.1) is 0 Å². The molecule has 9 heteroatoms. The maximum atomic E-state index is 5.61. The minimum Gasteiger partial charge on any atom is -0.311 e. The molecule has 0 saturated heterocycles. The van der Waals surface area contributed by atoms with Gasteiger partial charge in [-0.25, -0.2) is 24.9 Å². The molecule has 0 N–H and O–H groups in total. The van der Waals surface area contributed by atoms with Crippen LogP contribution in [0.3, 0.4) is 0 Å². The Kier molecular flexibility index (Phi) is 13.1. The first-order valence-corrected chi connectivity index (χ1v) is 31.8. The van der Waals surface area contributed by atoms with Crippen LogP contribution in [-0.4, -0.2) is 36.2 Å². The van der Waals surface area contributed by atoms with Crippen molar-refractivity contribution in [1.82, 2.24) is 29.5 Å². The third-order valence-corrected chi connectivity index (χ3v) is 18.4. The molecule has 0 fully saturated rings. The van der Waals surface area contributed by atoms with Crippen LogP contribution in [0.2, 0.25) is 0 Å². The Morgan fingerprint density at radius 2 is 0.670 bits per heavy atom. The minimum absolute atomic E-state index is 0.0426. The zero-order valence-corrected chi connectivity index (χ0v) is 50.9. The molecule has 18 rings (SSSR count). The second-order valence-corrected chi connectivity index (χ2v) is 23.9. The molecule has 16 aromatic rings. The Labute approximate surface area is 544 Å². The van der Waals surface area contributed by atoms with Gasteiger partial charge in [-0.05, 0) is 136 Å². The number of nitrogens with zero attached hydrogens (tertiary/aromatic N) is 8. The van der Waals surface area contributed by atoms with Gasteiger partial charge in [0.25, 0.3) is 6.71 Å². The lowest BCUT2D eigenvalue weighted by Gasteiger charge is -2.44. The maximum Gasteiger partial charge on any atom is 0.252 e. The lowest BCUT2D eigenvalue weighted by Crippen LogP contribution is -2.61. The zero-order chi connectivity index (χ0) is 62.1. The summed E-state index contributed by atoms with van der Waals surface area (Å²) < 4.78 is 2.36. The Hall–Kier alpha value is -12.6. The first-order chi connectivity index (χ1) is 46.6. The predicted molar refractivity (Wildman–Crippen MR) is 387 cm³/mol. The van der Waals surface area contributed by atoms with Gasteiger partial charge in [0, 0.05) is 78.3 Å². The van der Waals surface area contributed by atoms with Crippen molar-refractivity contribution in [3.8, 4) is 96.0 Å². The van der Waals surface area contributed by atoms with Crippen molar-refractivity contribution in [2.75, 3.05) is 9.80 Å². The number of hydrogen-bond donors (Lipinski definition) is 0. The number of rotatable bonds is 11. The van der Waals surface area contributed by atoms with Gasteiger partial charge in [-0.2, -0.15) is 0 Å². The predicted octanol–water partition coefficient (Wildman–Crippen LogP) is 19.2. The molecule has 0 atom stereocenters. The molecule has 8 nitrogen and oxygen atoms in total. The monoisotopic (exact) mass is 1200 g/mol. The van der Waals surface area contributed by atoms with E-state index >= 15 is 0 Å². The number of benzene rings is 13. The van der Waals surface area contributed by atoms with Crippen molar-refractivity contribution < 1.29 is 0 Å². The fourth-order valence-electron chi connectivity index (χ4n) is 14.2. The van der Waals surface area contributed by atoms with Gasteiger partial charge in [0.05, 0.1) is 28.1 Å². The Balaban J connectivity index is 0.809. The first-order valence-electron chi connectivity index (χ1n) is 31.8. The van der Waals surface area contributed by atoms with Gasteiger partial charge < -0.3 is 14.4 Å². The highest BCUT2D eigenvalue weighted by Gasteiger charge is 2.43. The van der Waals surface area contributed by atoms with Crippen LogP contribution in [0.1, 0.15) is 0 Å². The Morgan fingerprint density at radius 1 is 0.234 bits per heavy atom. The van der Waals surface area contributed by atoms with Crippen LogP contribution in [0, 0.1) is 0 Å². The number of fused-ring (bicyclic) bond motifs is 7. The van der Waals surface area contributed by atoms with E-state index in [2.05, 4.69) is 293 Å². The third kappa shape index (κ3) is 9.36. The molecule has 0 spiro atoms. The van der Waals surface area contributed by atoms with Crippen molar-refractivity contribution >= 4 is 79.0 Å². The van der Waals surface area contributed by atoms with Gasteiger partial charge in [0.1, 0.15) is 0 Å². The van der Waals surface area contributed by atoms with Gasteiger partial charge in [-0.3, -0.25) is 0 Å². The molecule has 3 aromatic heterocycles. The fraction of sp³-hybridized carbons (Fsp3) is 0. The van der Waals surface area contributed by atoms with E-state index in [4.69, 9.17) is 24.9 Å². The highest BCUT2D eigenvalue weighted by molar-refractivity contribution is 7.00. The van der Waals surface area contributed by atoms with Gasteiger partial charge in [-0.1, -0.05) is 237 Å². The number of hydrogen-bond acceptors (Lipinski definition) is 7. The first kappa shape index (κ1) is 54.4. The Morgan fingerprint density at radius 3 is 1.34 bits per heavy atom. The summed E-state index contributed by atoms with van der Waals surface area (Å²) in [6, 6.07) is 118. The van der Waals surface area contributed by atoms with Crippen LogP contribution in [-0.2, 0) is 0 Å². The summed E-state index contributed by atoms with van der Waals surface area (Å²) >= 11 is 0. The standard InChI is InChI=1S/C85H55BN8/c1-6-25-56(26-7-1)62-47-49-75-68(53-62)67-39-16-19-42-74(67)94(75)76-50-48-64(83-87-72(57-27-8-2-9-28-57)55-73(88-83)58-29-10-3-11-30-58)54-69(76)85-90-82(59-31-12-4-13-32-59)89-84(91-85)63-35-22-33-60(51-63)61-34-23-38-66(52-61)93-78-44-21-18-41-71(78)86-70-40-17-20-43-77(70)92(65-36-14-5-15-37-65)79-45-24-46-80(93)81(79)86/h1-55H. The van der Waals surface area contributed by atoms with Crippen LogP contribution in [0.5, 0.6) is 0 Å². The van der Waals surface area contributed by atoms with Crippen molar-refractivity contribution in [2.24, 2.45) is 0 Å². The zero-order valence-electron chi connectivity index (χ0n) is 50.9. The number of anilines is 6. The summed E-state index contributed by atoms with van der Waals surface area (Å²) in [5.74, 6) is 2.17. The molecule has 438 valence electrons. The van der Waals surface area contributed by atoms with Gasteiger partial charge >= 0.3 is 0 Å². The molecule has 2 aliphatic rings. The average Bonchev–Trinajstić information content (AvgIpc) is 0.838. The molecule has 5 heterocycles. The summed E-state index contributed by atoms with van der Waals surface area (Å²) in [7, 11) is 0. The topological polar surface area (TPSA) is 75.9 Å². The number of aromatic nitrogens is 6. The smallest absolute Gasteiger partial charge is 0.252 e. The summed E-state index contributed by atoms with van der Waals surface area (Å²) in [5.41, 5.74) is 25.0. The van der Waals surface area contributed by atoms with Crippen molar-refractivity contribution in [3.05, 3.63) is 334 Å². The molecule has 0 unspecified atom stereocenters. The van der Waals surface area contributed by atoms with Crippen molar-refractivity contribution in [3.63, 3.8) is 0 Å². The van der Waals surface area contributed by atoms with E-state index in [1.807, 2.05) is 54.6 Å². The van der Waals surface area contributed by atoms with Crippen LogP contribution < -0.4 is 26.2 Å². The minimum atomic E-state index is 0.0426. The SMILES string of the molecule is c1ccc(-c2ccc3c(c2)c2ccccc2n3-c2ccc(-c3nc(-c4ccccc4)cc(-c4ccccc4)n3)cc2-c2nc(-c3ccccc3)nc(-c3cccc(-c4cccc(N5c6ccccc6B6c7ccccc7N(c7ccccc7)c7cccc5c76)c4)c3)n2)cc1. The summed E-state index contributed by atoms with van der Waals surface area (Å²) in [6.07, 6.45) is 0. The molecular weight excluding hydrogens is 1140 g/mol. The summed E-state index contributed by atoms with van der Waals surface area (Å²) in [6.45, 7) is 0.0426. The number of para-hydroxylation sites is 4. The lowest BCUT2D eigenvalue weighted by atomic mass is 9.33. The van der Waals surface area contributed by atoms with Crippen LogP contribution in [0.15, 0.2) is 334 Å². The molecule has 0 amide bonds. The quantitative estimate of drug-likeness (QED) is 0.119. The molecule has 0 saturated carbocycles. The van der Waals surface area contributed by atoms with Crippen molar-refractivity contribution in [2.45, 2.75) is 0 Å². The van der Waals surface area contributed by atoms with E-state index in [1.54, 1.807) is 0 Å². The van der Waals surface area contributed by atoms with E-state index in [-0.39, 0.29) is 6.71 Å². The second kappa shape index (κ2) is 22.7. The fourth-order valence-corrected chi connectivity index (χ4v) is 14.2. The molecule has 0 aliphatic carbocycles. The highest BCUT2D eigenvalue weighted by atomic mass is 15.2. The third-order valence-electron chi connectivity index (χ3n) is 18.4. The van der Waals surface area contributed by atoms with Crippen LogP contribution in [0.4, 0.5) is 34.1 Å². The summed E-state index contributed by atoms with van der Waals surface area (Å²) in [5, 5.41) is 2.27. The second-order valence-electron chi connectivity index (χ2n) is 23.9. The summed E-state index contributed by atoms with van der Waals surface area (Å²) in [4.78, 5) is 32.1. The van der Waals surface area contributed by atoms with Gasteiger partial charge in [0.2, 0.25) is 0 Å². The normalized spacial score (nSPS) is 12.2. The lowest BCUT2D eigenvalue weighted by molar-refractivity contribution is 1.06. The van der Waals surface area contributed by atoms with Crippen LogP contribution in [0.25, 0.3) is 118 Å². The maximum absolute atomic E-state index is 5.61. The van der Waals surface area contributed by atoms with Gasteiger partial charge in [0.15, 0.2) is 23.3 Å². The largest absolute Gasteiger partial charge is 0.311 e. The van der Waals surface area contributed by atoms with E-state index < -0.39 is 0 Å². The van der Waals surface area contributed by atoms with E-state index in [1.165, 1.54) is 27.8 Å². The van der Waals surface area contributed by atoms with E-state index in [0.29, 0.717) is 23.3 Å².